The number of primary amides is 1. The van der Waals surface area contributed by atoms with Crippen LogP contribution in [-0.2, 0) is 4.79 Å². The molecule has 0 radical (unpaired) electrons. The first-order valence-electron chi connectivity index (χ1n) is 7.31. The maximum Gasteiger partial charge on any atom is 0.231 e. The average molecular weight is 292 g/mol. The SMILES string of the molecule is Cc1ccc(OCC2(O)CCN(CC(N)=O)CC2)cc1C. The predicted molar refractivity (Wildman–Crippen MR) is 81.2 cm³/mol. The summed E-state index contributed by atoms with van der Waals surface area (Å²) in [4.78, 5) is 12.9. The van der Waals surface area contributed by atoms with E-state index in [2.05, 4.69) is 6.92 Å². The van der Waals surface area contributed by atoms with Gasteiger partial charge in [0.2, 0.25) is 5.91 Å². The van der Waals surface area contributed by atoms with Crippen LogP contribution in [0, 0.1) is 13.8 Å². The van der Waals surface area contributed by atoms with Crippen molar-refractivity contribution in [3.63, 3.8) is 0 Å². The first-order chi connectivity index (χ1) is 9.88. The summed E-state index contributed by atoms with van der Waals surface area (Å²) >= 11 is 0. The van der Waals surface area contributed by atoms with Crippen molar-refractivity contribution in [1.82, 2.24) is 4.90 Å². The van der Waals surface area contributed by atoms with Crippen molar-refractivity contribution >= 4 is 5.91 Å². The lowest BCUT2D eigenvalue weighted by atomic mass is 9.92. The highest BCUT2D eigenvalue weighted by atomic mass is 16.5. The molecule has 1 fully saturated rings. The molecule has 21 heavy (non-hydrogen) atoms. The zero-order valence-electron chi connectivity index (χ0n) is 12.8. The fourth-order valence-corrected chi connectivity index (χ4v) is 2.51. The molecule has 1 saturated heterocycles. The lowest BCUT2D eigenvalue weighted by Gasteiger charge is -2.37. The van der Waals surface area contributed by atoms with Crippen LogP contribution in [0.15, 0.2) is 18.2 Å². The van der Waals surface area contributed by atoms with Crippen LogP contribution in [0.1, 0.15) is 24.0 Å². The van der Waals surface area contributed by atoms with Gasteiger partial charge < -0.3 is 15.6 Å². The van der Waals surface area contributed by atoms with E-state index < -0.39 is 5.60 Å². The number of aryl methyl sites for hydroxylation is 2. The minimum atomic E-state index is -0.826. The normalized spacial score (nSPS) is 18.4. The number of aliphatic hydroxyl groups is 1. The van der Waals surface area contributed by atoms with E-state index in [0.29, 0.717) is 25.9 Å². The lowest BCUT2D eigenvalue weighted by molar-refractivity contribution is -0.120. The van der Waals surface area contributed by atoms with Crippen LogP contribution in [0.2, 0.25) is 0 Å². The van der Waals surface area contributed by atoms with Crippen LogP contribution in [0.3, 0.4) is 0 Å². The minimum Gasteiger partial charge on any atom is -0.491 e. The Morgan fingerprint density at radius 1 is 1.33 bits per heavy atom. The smallest absolute Gasteiger partial charge is 0.231 e. The summed E-state index contributed by atoms with van der Waals surface area (Å²) in [6.07, 6.45) is 1.18. The van der Waals surface area contributed by atoms with Crippen molar-refractivity contribution in [2.45, 2.75) is 32.3 Å². The molecular weight excluding hydrogens is 268 g/mol. The van der Waals surface area contributed by atoms with Crippen LogP contribution in [0.4, 0.5) is 0 Å². The Morgan fingerprint density at radius 2 is 2.00 bits per heavy atom. The third-order valence-electron chi connectivity index (χ3n) is 4.15. The number of hydrogen-bond donors (Lipinski definition) is 2. The number of amides is 1. The largest absolute Gasteiger partial charge is 0.491 e. The van der Waals surface area contributed by atoms with Gasteiger partial charge in [0.25, 0.3) is 0 Å². The van der Waals surface area contributed by atoms with E-state index in [1.807, 2.05) is 30.0 Å². The molecule has 3 N–H and O–H groups in total. The molecule has 1 aliphatic rings. The number of benzene rings is 1. The molecule has 116 valence electrons. The van der Waals surface area contributed by atoms with E-state index in [1.165, 1.54) is 11.1 Å². The molecule has 1 heterocycles. The van der Waals surface area contributed by atoms with E-state index in [-0.39, 0.29) is 19.1 Å². The zero-order valence-corrected chi connectivity index (χ0v) is 12.8. The number of likely N-dealkylation sites (tertiary alicyclic amines) is 1. The van der Waals surface area contributed by atoms with Crippen LogP contribution in [0.25, 0.3) is 0 Å². The number of ether oxygens (including phenoxy) is 1. The monoisotopic (exact) mass is 292 g/mol. The Labute approximate surface area is 125 Å². The molecule has 0 unspecified atom stereocenters. The molecule has 0 atom stereocenters. The van der Waals surface area contributed by atoms with Gasteiger partial charge in [0, 0.05) is 13.1 Å². The van der Waals surface area contributed by atoms with Gasteiger partial charge in [-0.3, -0.25) is 9.69 Å². The highest BCUT2D eigenvalue weighted by Crippen LogP contribution is 2.24. The first kappa shape index (κ1) is 15.8. The molecule has 5 nitrogen and oxygen atoms in total. The number of carbonyl (C=O) groups excluding carboxylic acids is 1. The minimum absolute atomic E-state index is 0.258. The summed E-state index contributed by atoms with van der Waals surface area (Å²) < 4.78 is 5.74. The first-order valence-corrected chi connectivity index (χ1v) is 7.31. The van der Waals surface area contributed by atoms with Gasteiger partial charge in [-0.05, 0) is 49.9 Å². The molecule has 1 aromatic rings. The van der Waals surface area contributed by atoms with E-state index in [4.69, 9.17) is 10.5 Å². The Hall–Kier alpha value is -1.59. The van der Waals surface area contributed by atoms with Gasteiger partial charge in [-0.15, -0.1) is 0 Å². The fourth-order valence-electron chi connectivity index (χ4n) is 2.51. The number of nitrogens with two attached hydrogens (primary N) is 1. The fraction of sp³-hybridized carbons (Fsp3) is 0.562. The van der Waals surface area contributed by atoms with Crippen molar-refractivity contribution < 1.29 is 14.6 Å². The van der Waals surface area contributed by atoms with Crippen LogP contribution >= 0.6 is 0 Å². The Morgan fingerprint density at radius 3 is 2.57 bits per heavy atom. The Kier molecular flexibility index (Phi) is 4.85. The second kappa shape index (κ2) is 6.45. The van der Waals surface area contributed by atoms with Crippen LogP contribution in [0.5, 0.6) is 5.75 Å². The van der Waals surface area contributed by atoms with Crippen molar-refractivity contribution in [3.8, 4) is 5.75 Å². The molecule has 0 aromatic heterocycles. The van der Waals surface area contributed by atoms with Gasteiger partial charge in [-0.25, -0.2) is 0 Å². The summed E-state index contributed by atoms with van der Waals surface area (Å²) in [5.41, 5.74) is 6.76. The number of hydrogen-bond acceptors (Lipinski definition) is 4. The maximum absolute atomic E-state index is 10.9. The summed E-state index contributed by atoms with van der Waals surface area (Å²) in [7, 11) is 0. The van der Waals surface area contributed by atoms with Gasteiger partial charge >= 0.3 is 0 Å². The highest BCUT2D eigenvalue weighted by molar-refractivity contribution is 5.75. The molecule has 0 saturated carbocycles. The molecule has 0 spiro atoms. The van der Waals surface area contributed by atoms with Gasteiger partial charge in [-0.1, -0.05) is 6.07 Å². The van der Waals surface area contributed by atoms with Crippen molar-refractivity contribution in [2.24, 2.45) is 5.73 Å². The summed E-state index contributed by atoms with van der Waals surface area (Å²) in [5.74, 6) is 0.456. The second-order valence-electron chi connectivity index (χ2n) is 6.00. The van der Waals surface area contributed by atoms with E-state index >= 15 is 0 Å². The van der Waals surface area contributed by atoms with Crippen molar-refractivity contribution in [3.05, 3.63) is 29.3 Å². The molecule has 1 amide bonds. The number of piperidine rings is 1. The third-order valence-corrected chi connectivity index (χ3v) is 4.15. The summed E-state index contributed by atoms with van der Waals surface area (Å²) in [6.45, 7) is 5.96. The molecule has 5 heteroatoms. The Bertz CT molecular complexity index is 508. The topological polar surface area (TPSA) is 75.8 Å². The second-order valence-corrected chi connectivity index (χ2v) is 6.00. The van der Waals surface area contributed by atoms with E-state index in [9.17, 15) is 9.90 Å². The van der Waals surface area contributed by atoms with E-state index in [0.717, 1.165) is 5.75 Å². The quantitative estimate of drug-likeness (QED) is 0.849. The van der Waals surface area contributed by atoms with Crippen molar-refractivity contribution in [1.29, 1.82) is 0 Å². The molecular formula is C16H24N2O3. The average Bonchev–Trinajstić information content (AvgIpc) is 2.43. The lowest BCUT2D eigenvalue weighted by Crippen LogP contribution is -2.49. The van der Waals surface area contributed by atoms with Crippen molar-refractivity contribution in [2.75, 3.05) is 26.2 Å². The number of carbonyl (C=O) groups is 1. The molecule has 1 aliphatic heterocycles. The van der Waals surface area contributed by atoms with Crippen LogP contribution < -0.4 is 10.5 Å². The van der Waals surface area contributed by atoms with E-state index in [1.54, 1.807) is 0 Å². The molecule has 0 bridgehead atoms. The summed E-state index contributed by atoms with van der Waals surface area (Å²) in [6, 6.07) is 5.93. The van der Waals surface area contributed by atoms with Gasteiger partial charge in [0.15, 0.2) is 0 Å². The van der Waals surface area contributed by atoms with Gasteiger partial charge in [-0.2, -0.15) is 0 Å². The number of rotatable bonds is 5. The maximum atomic E-state index is 10.9. The zero-order chi connectivity index (χ0) is 15.5. The molecule has 1 aromatic carbocycles. The number of nitrogens with zero attached hydrogens (tertiary/aromatic N) is 1. The third kappa shape index (κ3) is 4.44. The molecule has 0 aliphatic carbocycles. The summed E-state index contributed by atoms with van der Waals surface area (Å²) in [5, 5.41) is 10.5. The van der Waals surface area contributed by atoms with Gasteiger partial charge in [0.1, 0.15) is 18.0 Å². The molecule has 2 rings (SSSR count). The predicted octanol–water partition coefficient (Wildman–Crippen LogP) is 0.994. The standard InChI is InChI=1S/C16H24N2O3/c1-12-3-4-14(9-13(12)2)21-11-16(20)5-7-18(8-6-16)10-15(17)19/h3-4,9,20H,5-8,10-11H2,1-2H3,(H2,17,19). The highest BCUT2D eigenvalue weighted by Gasteiger charge is 2.33. The Balaban J connectivity index is 1.85. The van der Waals surface area contributed by atoms with Crippen LogP contribution in [-0.4, -0.2) is 47.8 Å². The van der Waals surface area contributed by atoms with Gasteiger partial charge in [0.05, 0.1) is 6.54 Å².